The van der Waals surface area contributed by atoms with Gasteiger partial charge in [0.15, 0.2) is 5.78 Å². The van der Waals surface area contributed by atoms with Crippen LogP contribution in [0, 0.1) is 0 Å². The summed E-state index contributed by atoms with van der Waals surface area (Å²) in [5.74, 6) is 0.538. The lowest BCUT2D eigenvalue weighted by Crippen LogP contribution is -2.02. The zero-order valence-electron chi connectivity index (χ0n) is 8.46. The fourth-order valence-electron chi connectivity index (χ4n) is 1.15. The van der Waals surface area contributed by atoms with Gasteiger partial charge in [0.2, 0.25) is 0 Å². The van der Waals surface area contributed by atoms with Gasteiger partial charge in [0, 0.05) is 17.5 Å². The Bertz CT molecular complexity index is 308. The molecular formula is C11H14BrNO. The van der Waals surface area contributed by atoms with E-state index in [0.29, 0.717) is 16.8 Å². The van der Waals surface area contributed by atoms with Gasteiger partial charge in [-0.2, -0.15) is 0 Å². The van der Waals surface area contributed by atoms with E-state index in [1.807, 2.05) is 12.1 Å². The van der Waals surface area contributed by atoms with Crippen molar-refractivity contribution in [2.75, 3.05) is 5.33 Å². The monoisotopic (exact) mass is 255 g/mol. The summed E-state index contributed by atoms with van der Waals surface area (Å²) in [6.07, 6.45) is 2.73. The molecule has 0 bridgehead atoms. The summed E-state index contributed by atoms with van der Waals surface area (Å²) < 4.78 is 0. The van der Waals surface area contributed by atoms with Gasteiger partial charge in [0.1, 0.15) is 0 Å². The summed E-state index contributed by atoms with van der Waals surface area (Å²) in [5, 5.41) is 0.358. The summed E-state index contributed by atoms with van der Waals surface area (Å²) in [6.45, 7) is 4.26. The van der Waals surface area contributed by atoms with Crippen LogP contribution in [-0.4, -0.2) is 16.1 Å². The Morgan fingerprint density at radius 1 is 1.57 bits per heavy atom. The Morgan fingerprint density at radius 2 is 2.29 bits per heavy atom. The van der Waals surface area contributed by atoms with E-state index in [1.165, 1.54) is 0 Å². The first-order valence-corrected chi connectivity index (χ1v) is 5.86. The fraction of sp³-hybridized carbons (Fsp3) is 0.455. The molecule has 2 nitrogen and oxygen atoms in total. The lowest BCUT2D eigenvalue weighted by Gasteiger charge is -2.07. The third-order valence-corrected chi connectivity index (χ3v) is 2.86. The van der Waals surface area contributed by atoms with Crippen molar-refractivity contribution < 1.29 is 4.79 Å². The zero-order valence-corrected chi connectivity index (χ0v) is 10.0. The van der Waals surface area contributed by atoms with Crippen molar-refractivity contribution >= 4 is 21.7 Å². The number of aromatic nitrogens is 1. The quantitative estimate of drug-likeness (QED) is 0.611. The molecule has 0 amide bonds. The normalized spacial score (nSPS) is 12.5. The van der Waals surface area contributed by atoms with Gasteiger partial charge in [-0.05, 0) is 24.5 Å². The number of nitrogens with zero attached hydrogens (tertiary/aromatic N) is 1. The van der Waals surface area contributed by atoms with E-state index < -0.39 is 0 Å². The van der Waals surface area contributed by atoms with Gasteiger partial charge in [-0.15, -0.1) is 0 Å². The van der Waals surface area contributed by atoms with Crippen molar-refractivity contribution in [3.05, 3.63) is 29.6 Å². The predicted molar refractivity (Wildman–Crippen MR) is 61.1 cm³/mol. The molecule has 3 heteroatoms. The summed E-state index contributed by atoms with van der Waals surface area (Å²) >= 11 is 3.14. The first-order chi connectivity index (χ1) is 6.69. The minimum absolute atomic E-state index is 0.0770. The molecule has 0 saturated heterocycles. The van der Waals surface area contributed by atoms with Crippen LogP contribution in [0.1, 0.15) is 42.2 Å². The van der Waals surface area contributed by atoms with Gasteiger partial charge in [-0.1, -0.05) is 29.8 Å². The first-order valence-electron chi connectivity index (χ1n) is 4.74. The van der Waals surface area contributed by atoms with Gasteiger partial charge < -0.3 is 0 Å². The van der Waals surface area contributed by atoms with E-state index in [1.54, 1.807) is 6.20 Å². The lowest BCUT2D eigenvalue weighted by atomic mass is 10.0. The Balaban J connectivity index is 2.83. The number of carbonyl (C=O) groups is 1. The minimum Gasteiger partial charge on any atom is -0.293 e. The van der Waals surface area contributed by atoms with E-state index in [9.17, 15) is 4.79 Å². The smallest absolute Gasteiger partial charge is 0.174 e. The topological polar surface area (TPSA) is 30.0 Å². The number of pyridine rings is 1. The molecule has 0 saturated carbocycles. The van der Waals surface area contributed by atoms with Crippen LogP contribution in [0.15, 0.2) is 18.3 Å². The molecule has 1 rings (SSSR count). The van der Waals surface area contributed by atoms with Gasteiger partial charge >= 0.3 is 0 Å². The summed E-state index contributed by atoms with van der Waals surface area (Å²) in [5.41, 5.74) is 1.73. The first kappa shape index (κ1) is 11.4. The van der Waals surface area contributed by atoms with Gasteiger partial charge in [-0.25, -0.2) is 0 Å². The van der Waals surface area contributed by atoms with E-state index in [-0.39, 0.29) is 5.78 Å². The second-order valence-electron chi connectivity index (χ2n) is 3.34. The number of hydrogen-bond donors (Lipinski definition) is 0. The zero-order chi connectivity index (χ0) is 10.6. The number of rotatable bonds is 4. The van der Waals surface area contributed by atoms with Crippen LogP contribution < -0.4 is 0 Å². The highest BCUT2D eigenvalue weighted by Gasteiger charge is 2.07. The molecule has 0 radical (unpaired) electrons. The predicted octanol–water partition coefficient (Wildman–Crippen LogP) is 3.17. The van der Waals surface area contributed by atoms with Gasteiger partial charge in [0.05, 0.1) is 5.33 Å². The van der Waals surface area contributed by atoms with Crippen molar-refractivity contribution in [1.29, 1.82) is 0 Å². The molecule has 76 valence electrons. The van der Waals surface area contributed by atoms with E-state index in [4.69, 9.17) is 0 Å². The Hall–Kier alpha value is -0.700. The van der Waals surface area contributed by atoms with Gasteiger partial charge in [0.25, 0.3) is 0 Å². The molecule has 1 unspecified atom stereocenters. The van der Waals surface area contributed by atoms with Crippen LogP contribution in [0.4, 0.5) is 0 Å². The number of halogens is 1. The molecule has 0 aliphatic carbocycles. The van der Waals surface area contributed by atoms with Crippen LogP contribution in [0.25, 0.3) is 0 Å². The SMILES string of the molecule is CCC(C)c1ccc(C(=O)CBr)cn1. The molecule has 1 aromatic rings. The standard InChI is InChI=1S/C11H14BrNO/c1-3-8(2)10-5-4-9(7-13-10)11(14)6-12/h4-5,7-8H,3,6H2,1-2H3. The maximum atomic E-state index is 11.3. The average molecular weight is 256 g/mol. The van der Waals surface area contributed by atoms with Crippen molar-refractivity contribution in [3.8, 4) is 0 Å². The summed E-state index contributed by atoms with van der Waals surface area (Å²) in [7, 11) is 0. The van der Waals surface area contributed by atoms with E-state index in [0.717, 1.165) is 12.1 Å². The molecule has 1 atom stereocenters. The van der Waals surface area contributed by atoms with E-state index >= 15 is 0 Å². The highest BCUT2D eigenvalue weighted by Crippen LogP contribution is 2.16. The molecule has 0 fully saturated rings. The van der Waals surface area contributed by atoms with Crippen molar-refractivity contribution in [2.24, 2.45) is 0 Å². The second kappa shape index (κ2) is 5.25. The number of alkyl halides is 1. The average Bonchev–Trinajstić information content (AvgIpc) is 2.27. The Morgan fingerprint density at radius 3 is 2.71 bits per heavy atom. The van der Waals surface area contributed by atoms with Crippen LogP contribution in [0.2, 0.25) is 0 Å². The van der Waals surface area contributed by atoms with Crippen LogP contribution >= 0.6 is 15.9 Å². The minimum atomic E-state index is 0.0770. The third kappa shape index (κ3) is 2.64. The van der Waals surface area contributed by atoms with Crippen LogP contribution in [0.3, 0.4) is 0 Å². The molecule has 1 aromatic heterocycles. The number of hydrogen-bond acceptors (Lipinski definition) is 2. The number of ketones is 1. The largest absolute Gasteiger partial charge is 0.293 e. The number of Topliss-reactive ketones (excluding diaryl/α,β-unsaturated/α-hetero) is 1. The van der Waals surface area contributed by atoms with Crippen molar-refractivity contribution in [1.82, 2.24) is 4.98 Å². The molecule has 14 heavy (non-hydrogen) atoms. The number of carbonyl (C=O) groups excluding carboxylic acids is 1. The highest BCUT2D eigenvalue weighted by molar-refractivity contribution is 9.09. The molecule has 1 heterocycles. The van der Waals surface area contributed by atoms with Crippen LogP contribution in [0.5, 0.6) is 0 Å². The summed E-state index contributed by atoms with van der Waals surface area (Å²) in [4.78, 5) is 15.6. The molecule has 0 N–H and O–H groups in total. The van der Waals surface area contributed by atoms with Crippen LogP contribution in [-0.2, 0) is 0 Å². The molecule has 0 aliphatic rings. The van der Waals surface area contributed by atoms with E-state index in [2.05, 4.69) is 34.8 Å². The maximum Gasteiger partial charge on any atom is 0.174 e. The van der Waals surface area contributed by atoms with Crippen molar-refractivity contribution in [3.63, 3.8) is 0 Å². The second-order valence-corrected chi connectivity index (χ2v) is 3.90. The molecular weight excluding hydrogens is 242 g/mol. The lowest BCUT2D eigenvalue weighted by molar-refractivity contribution is 0.102. The highest BCUT2D eigenvalue weighted by atomic mass is 79.9. The third-order valence-electron chi connectivity index (χ3n) is 2.35. The molecule has 0 aromatic carbocycles. The fourth-order valence-corrected chi connectivity index (χ4v) is 1.47. The van der Waals surface area contributed by atoms with Gasteiger partial charge in [-0.3, -0.25) is 9.78 Å². The van der Waals surface area contributed by atoms with Crippen molar-refractivity contribution in [2.45, 2.75) is 26.2 Å². The maximum absolute atomic E-state index is 11.3. The summed E-state index contributed by atoms with van der Waals surface area (Å²) in [6, 6.07) is 3.78. The molecule has 0 aliphatic heterocycles. The molecule has 0 spiro atoms. The Kier molecular flexibility index (Phi) is 4.26. The Labute approximate surface area is 92.9 Å².